The molecule has 0 aliphatic heterocycles. The van der Waals surface area contributed by atoms with Crippen LogP contribution in [-0.2, 0) is 23.6 Å². The first-order valence-corrected chi connectivity index (χ1v) is 9.46. The summed E-state index contributed by atoms with van der Waals surface area (Å²) < 4.78 is 28.7. The summed E-state index contributed by atoms with van der Waals surface area (Å²) in [6, 6.07) is 5.32. The van der Waals surface area contributed by atoms with Gasteiger partial charge in [0.25, 0.3) is 0 Å². The molecule has 0 saturated heterocycles. The molecular weight excluding hydrogens is 461 g/mol. The summed E-state index contributed by atoms with van der Waals surface area (Å²) in [5.41, 5.74) is 1.15. The minimum Gasteiger partial charge on any atom is -0.357 e. The molecule has 0 unspecified atom stereocenters. The zero-order chi connectivity index (χ0) is 16.7. The Bertz CT molecular complexity index is 741. The number of sulfonamides is 1. The normalized spacial score (nSPS) is 11.8. The molecule has 2 heterocycles. The lowest BCUT2D eigenvalue weighted by Gasteiger charge is -2.11. The van der Waals surface area contributed by atoms with Crippen LogP contribution in [-0.4, -0.2) is 39.1 Å². The molecule has 2 aromatic heterocycles. The lowest BCUT2D eigenvalue weighted by Crippen LogP contribution is -2.41. The maximum Gasteiger partial charge on any atom is 0.250 e. The third-order valence-electron chi connectivity index (χ3n) is 3.05. The molecule has 24 heavy (non-hydrogen) atoms. The first-order valence-electron chi connectivity index (χ1n) is 7.10. The molecule has 0 atom stereocenters. The van der Waals surface area contributed by atoms with Gasteiger partial charge in [0.05, 0.1) is 0 Å². The molecule has 7 nitrogen and oxygen atoms in total. The van der Waals surface area contributed by atoms with Gasteiger partial charge in [-0.15, -0.1) is 35.3 Å². The van der Waals surface area contributed by atoms with Crippen LogP contribution in [0, 0.1) is 0 Å². The highest BCUT2D eigenvalue weighted by atomic mass is 127. The molecule has 0 spiro atoms. The zero-order valence-corrected chi connectivity index (χ0v) is 17.5. The minimum absolute atomic E-state index is 0. The predicted molar refractivity (Wildman–Crippen MR) is 109 cm³/mol. The maximum absolute atomic E-state index is 11.9. The molecular formula is C14H22IN5O2S2. The van der Waals surface area contributed by atoms with Crippen LogP contribution in [0.2, 0.25) is 0 Å². The van der Waals surface area contributed by atoms with Gasteiger partial charge in [0.1, 0.15) is 4.21 Å². The topological polar surface area (TPSA) is 87.5 Å². The van der Waals surface area contributed by atoms with E-state index in [4.69, 9.17) is 0 Å². The molecule has 2 rings (SSSR count). The predicted octanol–water partition coefficient (Wildman–Crippen LogP) is 1.35. The average Bonchev–Trinajstić information content (AvgIpc) is 3.18. The summed E-state index contributed by atoms with van der Waals surface area (Å²) in [4.78, 5) is 4.11. The van der Waals surface area contributed by atoms with Crippen molar-refractivity contribution in [1.82, 2.24) is 19.9 Å². The molecule has 10 heteroatoms. The molecule has 0 aliphatic rings. The first kappa shape index (κ1) is 20.9. The van der Waals surface area contributed by atoms with Gasteiger partial charge in [0.2, 0.25) is 10.0 Å². The highest BCUT2D eigenvalue weighted by Crippen LogP contribution is 2.14. The third-order valence-corrected chi connectivity index (χ3v) is 5.90. The van der Waals surface area contributed by atoms with Gasteiger partial charge in [-0.3, -0.25) is 4.99 Å². The number of aryl methyl sites for hydroxylation is 1. The summed E-state index contributed by atoms with van der Waals surface area (Å²) in [7, 11) is 0.237. The smallest absolute Gasteiger partial charge is 0.250 e. The van der Waals surface area contributed by atoms with E-state index in [1.807, 2.05) is 30.1 Å². The highest BCUT2D eigenvalue weighted by Gasteiger charge is 2.13. The van der Waals surface area contributed by atoms with Gasteiger partial charge in [0.15, 0.2) is 5.96 Å². The van der Waals surface area contributed by atoms with Crippen molar-refractivity contribution in [2.45, 2.75) is 10.8 Å². The van der Waals surface area contributed by atoms with E-state index in [9.17, 15) is 8.42 Å². The molecule has 0 amide bonds. The second kappa shape index (κ2) is 10.0. The fourth-order valence-corrected chi connectivity index (χ4v) is 4.00. The second-order valence-electron chi connectivity index (χ2n) is 4.87. The van der Waals surface area contributed by atoms with E-state index in [2.05, 4.69) is 20.3 Å². The van der Waals surface area contributed by atoms with E-state index in [1.54, 1.807) is 24.6 Å². The zero-order valence-electron chi connectivity index (χ0n) is 13.5. The molecule has 2 aromatic rings. The standard InChI is InChI=1S/C14H21N5O2S2.HI/c1-15-14(17-10-12-5-8-19(2)11-12)16-6-7-18-23(20,21)13-4-3-9-22-13;/h3-5,8-9,11,18H,6-7,10H2,1-2H3,(H2,15,16,17);1H. The first-order chi connectivity index (χ1) is 11.0. The van der Waals surface area contributed by atoms with Crippen LogP contribution in [0.25, 0.3) is 0 Å². The van der Waals surface area contributed by atoms with Crippen LogP contribution in [0.5, 0.6) is 0 Å². The molecule has 0 fully saturated rings. The monoisotopic (exact) mass is 483 g/mol. The van der Waals surface area contributed by atoms with E-state index in [0.29, 0.717) is 23.3 Å². The fourth-order valence-electron chi connectivity index (χ4n) is 1.93. The Kier molecular flexibility index (Phi) is 8.73. The van der Waals surface area contributed by atoms with Gasteiger partial charge in [-0.2, -0.15) is 0 Å². The molecule has 0 aliphatic carbocycles. The number of rotatable bonds is 7. The van der Waals surface area contributed by atoms with Crippen molar-refractivity contribution in [2.75, 3.05) is 20.1 Å². The molecule has 0 radical (unpaired) electrons. The number of guanidine groups is 1. The van der Waals surface area contributed by atoms with Gasteiger partial charge in [-0.1, -0.05) is 6.07 Å². The van der Waals surface area contributed by atoms with E-state index in [1.165, 1.54) is 11.3 Å². The lowest BCUT2D eigenvalue weighted by molar-refractivity contribution is 0.582. The van der Waals surface area contributed by atoms with Crippen molar-refractivity contribution in [2.24, 2.45) is 12.0 Å². The maximum atomic E-state index is 11.9. The summed E-state index contributed by atoms with van der Waals surface area (Å²) >= 11 is 1.20. The number of nitrogens with one attached hydrogen (secondary N) is 3. The number of halogens is 1. The van der Waals surface area contributed by atoms with Gasteiger partial charge in [0, 0.05) is 46.1 Å². The molecule has 3 N–H and O–H groups in total. The summed E-state index contributed by atoms with van der Waals surface area (Å²) in [6.45, 7) is 1.38. The van der Waals surface area contributed by atoms with Crippen molar-refractivity contribution in [1.29, 1.82) is 0 Å². The van der Waals surface area contributed by atoms with Crippen LogP contribution in [0.15, 0.2) is 45.2 Å². The lowest BCUT2D eigenvalue weighted by atomic mass is 10.3. The number of aromatic nitrogens is 1. The summed E-state index contributed by atoms with van der Waals surface area (Å²) in [6.07, 6.45) is 4.00. The molecule has 0 saturated carbocycles. The Balaban J connectivity index is 0.00000288. The van der Waals surface area contributed by atoms with E-state index < -0.39 is 10.0 Å². The SMILES string of the molecule is CN=C(NCCNS(=O)(=O)c1cccs1)NCc1ccn(C)c1.I. The molecule has 134 valence electrons. The Labute approximate surface area is 163 Å². The number of hydrogen-bond donors (Lipinski definition) is 3. The Morgan fingerprint density at radius 2 is 2.08 bits per heavy atom. The van der Waals surface area contributed by atoms with Crippen LogP contribution in [0.4, 0.5) is 0 Å². The fraction of sp³-hybridized carbons (Fsp3) is 0.357. The number of thiophene rings is 1. The van der Waals surface area contributed by atoms with Crippen LogP contribution >= 0.6 is 35.3 Å². The van der Waals surface area contributed by atoms with Gasteiger partial charge >= 0.3 is 0 Å². The van der Waals surface area contributed by atoms with E-state index in [0.717, 1.165) is 5.56 Å². The van der Waals surface area contributed by atoms with Crippen LogP contribution < -0.4 is 15.4 Å². The minimum atomic E-state index is -3.41. The van der Waals surface area contributed by atoms with E-state index >= 15 is 0 Å². The number of nitrogens with zero attached hydrogens (tertiary/aromatic N) is 2. The third kappa shape index (κ3) is 6.42. The quantitative estimate of drug-likeness (QED) is 0.240. The van der Waals surface area contributed by atoms with Crippen LogP contribution in [0.1, 0.15) is 5.56 Å². The van der Waals surface area contributed by atoms with Crippen molar-refractivity contribution >= 4 is 51.3 Å². The Morgan fingerprint density at radius 3 is 2.67 bits per heavy atom. The van der Waals surface area contributed by atoms with Crippen molar-refractivity contribution in [3.63, 3.8) is 0 Å². The Hall–Kier alpha value is -1.11. The second-order valence-corrected chi connectivity index (χ2v) is 7.81. The number of hydrogen-bond acceptors (Lipinski definition) is 4. The van der Waals surface area contributed by atoms with Crippen molar-refractivity contribution in [3.8, 4) is 0 Å². The largest absolute Gasteiger partial charge is 0.357 e. The number of aliphatic imine (C=N–C) groups is 1. The molecule has 0 bridgehead atoms. The van der Waals surface area contributed by atoms with Crippen LogP contribution in [0.3, 0.4) is 0 Å². The van der Waals surface area contributed by atoms with Gasteiger partial charge < -0.3 is 15.2 Å². The van der Waals surface area contributed by atoms with Gasteiger partial charge in [-0.05, 0) is 23.1 Å². The van der Waals surface area contributed by atoms with E-state index in [-0.39, 0.29) is 30.5 Å². The van der Waals surface area contributed by atoms with Crippen molar-refractivity contribution in [3.05, 3.63) is 41.5 Å². The van der Waals surface area contributed by atoms with Crippen molar-refractivity contribution < 1.29 is 8.42 Å². The molecule has 0 aromatic carbocycles. The summed E-state index contributed by atoms with van der Waals surface area (Å²) in [5, 5.41) is 7.99. The summed E-state index contributed by atoms with van der Waals surface area (Å²) in [5.74, 6) is 0.629. The highest BCUT2D eigenvalue weighted by molar-refractivity contribution is 14.0. The Morgan fingerprint density at radius 1 is 1.29 bits per heavy atom. The average molecular weight is 483 g/mol. The van der Waals surface area contributed by atoms with Gasteiger partial charge in [-0.25, -0.2) is 13.1 Å².